The molecule has 1 fully saturated rings. The van der Waals surface area contributed by atoms with Crippen molar-refractivity contribution in [3.63, 3.8) is 0 Å². The molecule has 5 heteroatoms. The van der Waals surface area contributed by atoms with E-state index in [1.807, 2.05) is 0 Å². The Hall–Kier alpha value is -1.51. The second-order valence-corrected chi connectivity index (χ2v) is 6.47. The first-order valence-corrected chi connectivity index (χ1v) is 7.81. The summed E-state index contributed by atoms with van der Waals surface area (Å²) in [4.78, 5) is 14.6. The van der Waals surface area contributed by atoms with Crippen molar-refractivity contribution in [2.24, 2.45) is 0 Å². The number of nitriles is 1. The Morgan fingerprint density at radius 2 is 2.24 bits per heavy atom. The van der Waals surface area contributed by atoms with Crippen molar-refractivity contribution < 1.29 is 4.79 Å². The first-order chi connectivity index (χ1) is 10.1. The minimum absolute atomic E-state index is 0.0897. The summed E-state index contributed by atoms with van der Waals surface area (Å²) >= 11 is 4.42. The van der Waals surface area contributed by atoms with Crippen molar-refractivity contribution in [2.45, 2.75) is 31.1 Å². The van der Waals surface area contributed by atoms with Crippen LogP contribution in [-0.2, 0) is 0 Å². The number of rotatable bonds is 4. The minimum atomic E-state index is -0.0897. The molecule has 1 N–H and O–H groups in total. The molecule has 1 saturated heterocycles. The Morgan fingerprint density at radius 3 is 2.86 bits per heavy atom. The molecular weight excluding hydrogens is 282 g/mol. The zero-order chi connectivity index (χ0) is 15.2. The van der Waals surface area contributed by atoms with Crippen LogP contribution in [0.15, 0.2) is 24.3 Å². The van der Waals surface area contributed by atoms with Crippen LogP contribution in [0.5, 0.6) is 0 Å². The van der Waals surface area contributed by atoms with Gasteiger partial charge in [0.25, 0.3) is 5.91 Å². The average Bonchev–Trinajstić information content (AvgIpc) is 2.49. The number of benzene rings is 1. The van der Waals surface area contributed by atoms with Gasteiger partial charge >= 0.3 is 0 Å². The molecule has 0 aliphatic carbocycles. The van der Waals surface area contributed by atoms with E-state index in [0.29, 0.717) is 16.4 Å². The number of hydrogen-bond acceptors (Lipinski definition) is 4. The van der Waals surface area contributed by atoms with Crippen LogP contribution < -0.4 is 5.32 Å². The highest BCUT2D eigenvalue weighted by Gasteiger charge is 2.21. The van der Waals surface area contributed by atoms with Gasteiger partial charge in [0.05, 0.1) is 11.6 Å². The minimum Gasteiger partial charge on any atom is -0.349 e. The lowest BCUT2D eigenvalue weighted by molar-refractivity contribution is 0.0911. The molecule has 1 aliphatic heterocycles. The molecule has 1 amide bonds. The van der Waals surface area contributed by atoms with Gasteiger partial charge in [0.2, 0.25) is 0 Å². The van der Waals surface area contributed by atoms with Gasteiger partial charge < -0.3 is 10.2 Å². The Balaban J connectivity index is 1.85. The Bertz CT molecular complexity index is 531. The van der Waals surface area contributed by atoms with Crippen LogP contribution in [0.25, 0.3) is 0 Å². The van der Waals surface area contributed by atoms with Crippen molar-refractivity contribution in [3.05, 3.63) is 35.4 Å². The number of carbonyl (C=O) groups is 1. The van der Waals surface area contributed by atoms with E-state index in [1.165, 1.54) is 0 Å². The normalized spacial score (nSPS) is 18.0. The van der Waals surface area contributed by atoms with Gasteiger partial charge in [-0.25, -0.2) is 0 Å². The molecule has 112 valence electrons. The SMILES string of the molecule is CC(S)CN1CCC(NC(=O)c2cccc(C#N)c2)CC1. The fourth-order valence-electron chi connectivity index (χ4n) is 2.63. The maximum Gasteiger partial charge on any atom is 0.251 e. The lowest BCUT2D eigenvalue weighted by Gasteiger charge is -2.33. The molecule has 1 aromatic carbocycles. The number of hydrogen-bond donors (Lipinski definition) is 2. The number of amides is 1. The highest BCUT2D eigenvalue weighted by Crippen LogP contribution is 2.13. The number of carbonyl (C=O) groups excluding carboxylic acids is 1. The first-order valence-electron chi connectivity index (χ1n) is 7.30. The molecule has 0 radical (unpaired) electrons. The second kappa shape index (κ2) is 7.48. The van der Waals surface area contributed by atoms with E-state index in [1.54, 1.807) is 24.3 Å². The molecule has 21 heavy (non-hydrogen) atoms. The fraction of sp³-hybridized carbons (Fsp3) is 0.500. The van der Waals surface area contributed by atoms with Gasteiger partial charge in [0.1, 0.15) is 0 Å². The van der Waals surface area contributed by atoms with Gasteiger partial charge in [-0.05, 0) is 31.0 Å². The highest BCUT2D eigenvalue weighted by molar-refractivity contribution is 7.80. The average molecular weight is 303 g/mol. The Labute approximate surface area is 131 Å². The number of likely N-dealkylation sites (tertiary alicyclic amines) is 1. The second-order valence-electron chi connectivity index (χ2n) is 5.59. The molecule has 1 unspecified atom stereocenters. The number of thiol groups is 1. The van der Waals surface area contributed by atoms with Crippen LogP contribution in [0.3, 0.4) is 0 Å². The molecule has 0 spiro atoms. The van der Waals surface area contributed by atoms with Crippen molar-refractivity contribution in [2.75, 3.05) is 19.6 Å². The van der Waals surface area contributed by atoms with Gasteiger partial charge in [-0.1, -0.05) is 13.0 Å². The van der Waals surface area contributed by atoms with Crippen LogP contribution in [0.2, 0.25) is 0 Å². The number of nitrogens with zero attached hydrogens (tertiary/aromatic N) is 2. The Morgan fingerprint density at radius 1 is 1.52 bits per heavy atom. The topological polar surface area (TPSA) is 56.1 Å². The quantitative estimate of drug-likeness (QED) is 0.837. The predicted molar refractivity (Wildman–Crippen MR) is 86.5 cm³/mol. The molecule has 0 saturated carbocycles. The van der Waals surface area contributed by atoms with Crippen molar-refractivity contribution in [1.29, 1.82) is 5.26 Å². The monoisotopic (exact) mass is 303 g/mol. The third kappa shape index (κ3) is 4.76. The summed E-state index contributed by atoms with van der Waals surface area (Å²) in [5.41, 5.74) is 1.07. The molecule has 4 nitrogen and oxygen atoms in total. The highest BCUT2D eigenvalue weighted by atomic mass is 32.1. The summed E-state index contributed by atoms with van der Waals surface area (Å²) in [6.07, 6.45) is 1.92. The van der Waals surface area contributed by atoms with E-state index in [9.17, 15) is 4.79 Å². The third-order valence-electron chi connectivity index (χ3n) is 3.70. The van der Waals surface area contributed by atoms with E-state index >= 15 is 0 Å². The molecule has 0 aromatic heterocycles. The summed E-state index contributed by atoms with van der Waals surface area (Å²) in [6.45, 7) is 5.08. The summed E-state index contributed by atoms with van der Waals surface area (Å²) in [7, 11) is 0. The fourth-order valence-corrected chi connectivity index (χ4v) is 2.86. The molecule has 1 aromatic rings. The van der Waals surface area contributed by atoms with Gasteiger partial charge in [-0.3, -0.25) is 4.79 Å². The summed E-state index contributed by atoms with van der Waals surface area (Å²) in [5.74, 6) is -0.0897. The van der Waals surface area contributed by atoms with E-state index in [4.69, 9.17) is 5.26 Å². The van der Waals surface area contributed by atoms with E-state index < -0.39 is 0 Å². The molecular formula is C16H21N3OS. The van der Waals surface area contributed by atoms with Crippen molar-refractivity contribution in [1.82, 2.24) is 10.2 Å². The first kappa shape index (κ1) is 15.9. The lowest BCUT2D eigenvalue weighted by Crippen LogP contribution is -2.45. The van der Waals surface area contributed by atoms with Crippen LogP contribution in [0.4, 0.5) is 0 Å². The smallest absolute Gasteiger partial charge is 0.251 e. The number of piperidine rings is 1. The lowest BCUT2D eigenvalue weighted by atomic mass is 10.0. The van der Waals surface area contributed by atoms with Crippen LogP contribution in [-0.4, -0.2) is 41.7 Å². The summed E-state index contributed by atoms with van der Waals surface area (Å²) in [6, 6.07) is 9.09. The zero-order valence-electron chi connectivity index (χ0n) is 12.2. The predicted octanol–water partition coefficient (Wildman–Crippen LogP) is 2.07. The van der Waals surface area contributed by atoms with E-state index in [-0.39, 0.29) is 11.9 Å². The maximum atomic E-state index is 12.2. The van der Waals surface area contributed by atoms with Crippen LogP contribution in [0.1, 0.15) is 35.7 Å². The molecule has 1 aliphatic rings. The maximum absolute atomic E-state index is 12.2. The zero-order valence-corrected chi connectivity index (χ0v) is 13.1. The van der Waals surface area contributed by atoms with Gasteiger partial charge in [-0.15, -0.1) is 0 Å². The summed E-state index contributed by atoms with van der Waals surface area (Å²) < 4.78 is 0. The molecule has 0 bridgehead atoms. The van der Waals surface area contributed by atoms with Crippen LogP contribution >= 0.6 is 12.6 Å². The van der Waals surface area contributed by atoms with Crippen LogP contribution in [0, 0.1) is 11.3 Å². The standard InChI is InChI=1S/C16H21N3OS/c1-12(21)11-19-7-5-15(6-8-19)18-16(20)14-4-2-3-13(9-14)10-17/h2-4,9,12,15,21H,5-8,11H2,1H3,(H,18,20). The third-order valence-corrected chi connectivity index (χ3v) is 3.86. The van der Waals surface area contributed by atoms with Crippen molar-refractivity contribution >= 4 is 18.5 Å². The molecule has 1 atom stereocenters. The van der Waals surface area contributed by atoms with Crippen molar-refractivity contribution in [3.8, 4) is 6.07 Å². The van der Waals surface area contributed by atoms with Gasteiger partial charge in [0, 0.05) is 36.5 Å². The largest absolute Gasteiger partial charge is 0.349 e. The molecule has 2 rings (SSSR count). The number of nitrogens with one attached hydrogen (secondary N) is 1. The van der Waals surface area contributed by atoms with E-state index in [2.05, 4.69) is 35.8 Å². The van der Waals surface area contributed by atoms with Gasteiger partial charge in [0.15, 0.2) is 0 Å². The molecule has 1 heterocycles. The summed E-state index contributed by atoms with van der Waals surface area (Å²) in [5, 5.41) is 12.3. The van der Waals surface area contributed by atoms with Gasteiger partial charge in [-0.2, -0.15) is 17.9 Å². The Kier molecular flexibility index (Phi) is 5.66. The van der Waals surface area contributed by atoms with E-state index in [0.717, 1.165) is 32.5 Å².